The summed E-state index contributed by atoms with van der Waals surface area (Å²) in [7, 11) is 0. The molecule has 0 saturated carbocycles. The molecule has 36 heavy (non-hydrogen) atoms. The molecule has 0 bridgehead atoms. The van der Waals surface area contributed by atoms with Gasteiger partial charge in [0.25, 0.3) is 11.8 Å². The third-order valence-corrected chi connectivity index (χ3v) is 6.18. The van der Waals surface area contributed by atoms with Crippen LogP contribution in [-0.2, 0) is 4.79 Å². The van der Waals surface area contributed by atoms with E-state index in [1.165, 1.54) is 12.1 Å². The number of hydrogen-bond acceptors (Lipinski definition) is 6. The van der Waals surface area contributed by atoms with Crippen molar-refractivity contribution in [2.24, 2.45) is 5.73 Å². The van der Waals surface area contributed by atoms with Gasteiger partial charge in [0.2, 0.25) is 5.91 Å². The highest BCUT2D eigenvalue weighted by Gasteiger charge is 2.32. The molecule has 0 aliphatic carbocycles. The molecule has 2 atom stereocenters. The van der Waals surface area contributed by atoms with E-state index in [2.05, 4.69) is 10.6 Å². The van der Waals surface area contributed by atoms with Gasteiger partial charge in [-0.1, -0.05) is 29.8 Å². The number of primary amides is 1. The van der Waals surface area contributed by atoms with Crippen molar-refractivity contribution >= 4 is 29.2 Å². The van der Waals surface area contributed by atoms with Crippen molar-refractivity contribution in [2.45, 2.75) is 31.8 Å². The van der Waals surface area contributed by atoms with E-state index in [1.54, 1.807) is 47.9 Å². The number of ketones is 1. The topological polar surface area (TPSA) is 151 Å². The number of hydroxylamine groups is 1. The van der Waals surface area contributed by atoms with Crippen LogP contribution in [0.15, 0.2) is 66.7 Å². The molecule has 6 N–H and O–H groups in total. The van der Waals surface area contributed by atoms with Crippen LogP contribution < -0.4 is 21.8 Å². The molecule has 1 fully saturated rings. The maximum atomic E-state index is 13.3. The first-order valence-electron chi connectivity index (χ1n) is 11.4. The zero-order valence-electron chi connectivity index (χ0n) is 19.6. The Hall–Kier alpha value is -4.34. The highest BCUT2D eigenvalue weighted by molar-refractivity contribution is 6.07. The number of rotatable bonds is 7. The first kappa shape index (κ1) is 24.8. The molecule has 3 aromatic rings. The molecular weight excluding hydrogens is 460 g/mol. The number of anilines is 1. The Kier molecular flexibility index (Phi) is 7.23. The Labute approximate surface area is 207 Å². The number of nitrogens with two attached hydrogens (primary N) is 1. The predicted molar refractivity (Wildman–Crippen MR) is 134 cm³/mol. The number of aryl methyl sites for hydroxylation is 1. The number of carbonyl (C=O) groups is 4. The molecular formula is C27H26N4O5. The third kappa shape index (κ3) is 5.48. The molecule has 1 aliphatic rings. The van der Waals surface area contributed by atoms with Gasteiger partial charge < -0.3 is 11.1 Å². The van der Waals surface area contributed by atoms with Gasteiger partial charge in [0.15, 0.2) is 5.78 Å². The van der Waals surface area contributed by atoms with E-state index in [-0.39, 0.29) is 17.3 Å². The number of amides is 3. The van der Waals surface area contributed by atoms with E-state index in [4.69, 9.17) is 10.9 Å². The number of benzene rings is 3. The average Bonchev–Trinajstić information content (AvgIpc) is 3.39. The smallest absolute Gasteiger partial charge is 0.274 e. The lowest BCUT2D eigenvalue weighted by molar-refractivity contribution is -0.119. The summed E-state index contributed by atoms with van der Waals surface area (Å²) < 4.78 is 0. The molecule has 2 unspecified atom stereocenters. The summed E-state index contributed by atoms with van der Waals surface area (Å²) in [5.41, 5.74) is 10.8. The number of Topliss-reactive ketones (excluding diaryl/α,β-unsaturated/α-hetero) is 1. The summed E-state index contributed by atoms with van der Waals surface area (Å²) >= 11 is 0. The summed E-state index contributed by atoms with van der Waals surface area (Å²) in [5.74, 6) is -1.69. The fourth-order valence-electron chi connectivity index (χ4n) is 4.17. The minimum Gasteiger partial charge on any atom is -0.368 e. The normalized spacial score (nSPS) is 16.8. The largest absolute Gasteiger partial charge is 0.368 e. The van der Waals surface area contributed by atoms with Crippen LogP contribution in [0.1, 0.15) is 49.5 Å². The van der Waals surface area contributed by atoms with Crippen LogP contribution >= 0.6 is 0 Å². The Morgan fingerprint density at radius 2 is 1.42 bits per heavy atom. The number of nitrogens with one attached hydrogen (secondary N) is 3. The highest BCUT2D eigenvalue weighted by atomic mass is 16.5. The van der Waals surface area contributed by atoms with E-state index in [9.17, 15) is 19.2 Å². The van der Waals surface area contributed by atoms with Gasteiger partial charge >= 0.3 is 0 Å². The standard InChI is InChI=1S/C27H26N4O5/c1-15-2-4-17(5-3-15)26(34)29-21-13-19(16-6-8-18(9-7-16)27(35)31-36)12-20(14-21)24(32)22-10-11-23(30-22)25(28)33/h2-9,12-14,22-23,30,36H,10-11H2,1H3,(H2,28,33)(H,29,34)(H,31,35). The van der Waals surface area contributed by atoms with E-state index in [0.29, 0.717) is 40.8 Å². The van der Waals surface area contributed by atoms with Crippen LogP contribution in [0.4, 0.5) is 5.69 Å². The quantitative estimate of drug-likeness (QED) is 0.197. The van der Waals surface area contributed by atoms with Crippen molar-refractivity contribution in [1.82, 2.24) is 10.8 Å². The van der Waals surface area contributed by atoms with Crippen LogP contribution in [0.25, 0.3) is 11.1 Å². The molecule has 3 aromatic carbocycles. The van der Waals surface area contributed by atoms with E-state index >= 15 is 0 Å². The molecule has 4 rings (SSSR count). The van der Waals surface area contributed by atoms with Crippen LogP contribution in [0.2, 0.25) is 0 Å². The molecule has 1 saturated heterocycles. The fourth-order valence-corrected chi connectivity index (χ4v) is 4.17. The summed E-state index contributed by atoms with van der Waals surface area (Å²) in [6.07, 6.45) is 0.934. The molecule has 0 aromatic heterocycles. The summed E-state index contributed by atoms with van der Waals surface area (Å²) in [6.45, 7) is 1.93. The van der Waals surface area contributed by atoms with Crippen LogP contribution in [-0.4, -0.2) is 40.8 Å². The van der Waals surface area contributed by atoms with Gasteiger partial charge in [0.1, 0.15) is 0 Å². The molecule has 0 radical (unpaired) electrons. The first-order chi connectivity index (χ1) is 17.2. The lowest BCUT2D eigenvalue weighted by Crippen LogP contribution is -2.42. The monoisotopic (exact) mass is 486 g/mol. The Morgan fingerprint density at radius 1 is 0.806 bits per heavy atom. The Bertz CT molecular complexity index is 1320. The number of hydrogen-bond donors (Lipinski definition) is 5. The van der Waals surface area contributed by atoms with Crippen LogP contribution in [0.5, 0.6) is 0 Å². The second-order valence-corrected chi connectivity index (χ2v) is 8.75. The highest BCUT2D eigenvalue weighted by Crippen LogP contribution is 2.28. The van der Waals surface area contributed by atoms with Crippen molar-refractivity contribution in [3.8, 4) is 11.1 Å². The molecule has 184 valence electrons. The maximum absolute atomic E-state index is 13.3. The average molecular weight is 487 g/mol. The van der Waals surface area contributed by atoms with E-state index < -0.39 is 23.9 Å². The van der Waals surface area contributed by atoms with Crippen LogP contribution in [0.3, 0.4) is 0 Å². The number of carbonyl (C=O) groups excluding carboxylic acids is 4. The molecule has 0 spiro atoms. The third-order valence-electron chi connectivity index (χ3n) is 6.18. The molecule has 1 heterocycles. The van der Waals surface area contributed by atoms with Gasteiger partial charge in [-0.05, 0) is 73.4 Å². The lowest BCUT2D eigenvalue weighted by atomic mass is 9.96. The zero-order valence-corrected chi connectivity index (χ0v) is 19.6. The minimum absolute atomic E-state index is 0.220. The summed E-state index contributed by atoms with van der Waals surface area (Å²) in [4.78, 5) is 49.4. The van der Waals surface area contributed by atoms with Gasteiger partial charge in [0, 0.05) is 22.4 Å². The second-order valence-electron chi connectivity index (χ2n) is 8.75. The Morgan fingerprint density at radius 3 is 2.03 bits per heavy atom. The first-order valence-corrected chi connectivity index (χ1v) is 11.4. The molecule has 1 aliphatic heterocycles. The molecule has 9 heteroatoms. The lowest BCUT2D eigenvalue weighted by Gasteiger charge is -2.15. The van der Waals surface area contributed by atoms with E-state index in [1.807, 2.05) is 19.1 Å². The maximum Gasteiger partial charge on any atom is 0.274 e. The summed E-state index contributed by atoms with van der Waals surface area (Å²) in [5, 5.41) is 14.7. The van der Waals surface area contributed by atoms with Crippen molar-refractivity contribution in [3.63, 3.8) is 0 Å². The van der Waals surface area contributed by atoms with Gasteiger partial charge in [0.05, 0.1) is 12.1 Å². The van der Waals surface area contributed by atoms with Crippen molar-refractivity contribution in [3.05, 3.63) is 89.0 Å². The Balaban J connectivity index is 1.68. The van der Waals surface area contributed by atoms with E-state index in [0.717, 1.165) is 5.56 Å². The minimum atomic E-state index is -0.646. The van der Waals surface area contributed by atoms with Crippen LogP contribution in [0, 0.1) is 6.92 Å². The summed E-state index contributed by atoms with van der Waals surface area (Å²) in [6, 6.07) is 17.4. The second kappa shape index (κ2) is 10.5. The van der Waals surface area contributed by atoms with Crippen molar-refractivity contribution in [2.75, 3.05) is 5.32 Å². The zero-order chi connectivity index (χ0) is 25.8. The van der Waals surface area contributed by atoms with Gasteiger partial charge in [-0.25, -0.2) is 5.48 Å². The van der Waals surface area contributed by atoms with Gasteiger partial charge in [-0.3, -0.25) is 29.7 Å². The van der Waals surface area contributed by atoms with Crippen molar-refractivity contribution in [1.29, 1.82) is 0 Å². The molecule has 9 nitrogen and oxygen atoms in total. The van der Waals surface area contributed by atoms with Gasteiger partial charge in [-0.2, -0.15) is 0 Å². The van der Waals surface area contributed by atoms with Crippen molar-refractivity contribution < 1.29 is 24.4 Å². The van der Waals surface area contributed by atoms with Gasteiger partial charge in [-0.15, -0.1) is 0 Å². The fraction of sp³-hybridized carbons (Fsp3) is 0.185. The molecule has 3 amide bonds. The predicted octanol–water partition coefficient (Wildman–Crippen LogP) is 2.82. The SMILES string of the molecule is Cc1ccc(C(=O)Nc2cc(C(=O)C3CCC(C(N)=O)N3)cc(-c3ccc(C(=O)NO)cc3)c2)cc1.